The van der Waals surface area contributed by atoms with Gasteiger partial charge in [0.1, 0.15) is 0 Å². The summed E-state index contributed by atoms with van der Waals surface area (Å²) >= 11 is 0. The summed E-state index contributed by atoms with van der Waals surface area (Å²) < 4.78 is 5.56. The number of hydrogen-bond acceptors (Lipinski definition) is 2. The number of hydrogen-bond donors (Lipinski definition) is 1. The van der Waals surface area contributed by atoms with Gasteiger partial charge < -0.3 is 10.5 Å². The highest BCUT2D eigenvalue weighted by Crippen LogP contribution is 2.41. The van der Waals surface area contributed by atoms with Gasteiger partial charge in [0.25, 0.3) is 0 Å². The molecule has 0 saturated heterocycles. The van der Waals surface area contributed by atoms with Gasteiger partial charge in [0.15, 0.2) is 0 Å². The van der Waals surface area contributed by atoms with Crippen LogP contribution in [0.15, 0.2) is 0 Å². The first-order chi connectivity index (χ1) is 6.31. The van der Waals surface area contributed by atoms with E-state index in [9.17, 15) is 0 Å². The molecule has 2 unspecified atom stereocenters. The molecule has 13 heavy (non-hydrogen) atoms. The second-order valence-electron chi connectivity index (χ2n) is 4.71. The molecule has 0 aromatic heterocycles. The monoisotopic (exact) mass is 183 g/mol. The Morgan fingerprint density at radius 1 is 1.15 bits per heavy atom. The molecule has 2 atom stereocenters. The minimum absolute atomic E-state index is 0.490. The van der Waals surface area contributed by atoms with Crippen LogP contribution in [0.5, 0.6) is 0 Å². The lowest BCUT2D eigenvalue weighted by atomic mass is 9.67. The first kappa shape index (κ1) is 9.47. The van der Waals surface area contributed by atoms with Gasteiger partial charge in [-0.25, -0.2) is 0 Å². The molecule has 2 saturated carbocycles. The number of ether oxygens (including phenoxy) is 1. The summed E-state index contributed by atoms with van der Waals surface area (Å²) in [6.07, 6.45) is 8.41. The SMILES string of the molecule is COC1CCCCC1C1CC(N)C1. The van der Waals surface area contributed by atoms with Crippen molar-refractivity contribution in [3.8, 4) is 0 Å². The van der Waals surface area contributed by atoms with Gasteiger partial charge in [-0.1, -0.05) is 12.8 Å². The van der Waals surface area contributed by atoms with Gasteiger partial charge in [-0.15, -0.1) is 0 Å². The average Bonchev–Trinajstić information content (AvgIpc) is 2.13. The second kappa shape index (κ2) is 3.97. The Morgan fingerprint density at radius 3 is 2.46 bits per heavy atom. The van der Waals surface area contributed by atoms with Crippen molar-refractivity contribution in [1.82, 2.24) is 0 Å². The zero-order valence-electron chi connectivity index (χ0n) is 8.54. The van der Waals surface area contributed by atoms with Crippen molar-refractivity contribution in [2.24, 2.45) is 17.6 Å². The standard InChI is InChI=1S/C11H21NO/c1-13-11-5-3-2-4-10(11)8-6-9(12)7-8/h8-11H,2-7,12H2,1H3. The Kier molecular flexibility index (Phi) is 2.89. The maximum atomic E-state index is 5.82. The van der Waals surface area contributed by atoms with Crippen LogP contribution in [0.25, 0.3) is 0 Å². The molecule has 76 valence electrons. The lowest BCUT2D eigenvalue weighted by molar-refractivity contribution is -0.0231. The van der Waals surface area contributed by atoms with Crippen molar-refractivity contribution in [1.29, 1.82) is 0 Å². The van der Waals surface area contributed by atoms with Crippen LogP contribution < -0.4 is 5.73 Å². The van der Waals surface area contributed by atoms with E-state index in [2.05, 4.69) is 0 Å². The van der Waals surface area contributed by atoms with Crippen molar-refractivity contribution in [3.63, 3.8) is 0 Å². The van der Waals surface area contributed by atoms with E-state index in [4.69, 9.17) is 10.5 Å². The fourth-order valence-corrected chi connectivity index (χ4v) is 3.02. The summed E-state index contributed by atoms with van der Waals surface area (Å²) in [5.41, 5.74) is 5.82. The molecular formula is C11H21NO. The molecule has 2 fully saturated rings. The molecule has 0 heterocycles. The second-order valence-corrected chi connectivity index (χ2v) is 4.71. The zero-order valence-corrected chi connectivity index (χ0v) is 8.54. The third kappa shape index (κ3) is 1.89. The maximum absolute atomic E-state index is 5.82. The van der Waals surface area contributed by atoms with Crippen molar-refractivity contribution < 1.29 is 4.74 Å². The van der Waals surface area contributed by atoms with Crippen LogP contribution in [0.4, 0.5) is 0 Å². The lowest BCUT2D eigenvalue weighted by Crippen LogP contribution is -2.44. The number of nitrogens with two attached hydrogens (primary N) is 1. The van der Waals surface area contributed by atoms with Gasteiger partial charge in [0.05, 0.1) is 6.10 Å². The Hall–Kier alpha value is -0.0800. The molecule has 0 bridgehead atoms. The third-order valence-electron chi connectivity index (χ3n) is 3.87. The van der Waals surface area contributed by atoms with E-state index in [0.717, 1.165) is 11.8 Å². The highest BCUT2D eigenvalue weighted by molar-refractivity contribution is 4.91. The van der Waals surface area contributed by atoms with Crippen LogP contribution in [0.3, 0.4) is 0 Å². The van der Waals surface area contributed by atoms with E-state index in [1.54, 1.807) is 0 Å². The minimum atomic E-state index is 0.490. The maximum Gasteiger partial charge on any atom is 0.0602 e. The van der Waals surface area contributed by atoms with Crippen LogP contribution in [0.2, 0.25) is 0 Å². The van der Waals surface area contributed by atoms with Crippen molar-refractivity contribution in [2.75, 3.05) is 7.11 Å². The highest BCUT2D eigenvalue weighted by Gasteiger charge is 2.38. The van der Waals surface area contributed by atoms with Crippen molar-refractivity contribution in [2.45, 2.75) is 50.7 Å². The molecular weight excluding hydrogens is 162 g/mol. The van der Waals surface area contributed by atoms with Gasteiger partial charge in [-0.2, -0.15) is 0 Å². The molecule has 2 heteroatoms. The molecule has 0 aromatic rings. The van der Waals surface area contributed by atoms with Crippen molar-refractivity contribution in [3.05, 3.63) is 0 Å². The summed E-state index contributed by atoms with van der Waals surface area (Å²) in [4.78, 5) is 0. The molecule has 0 amide bonds. The number of methoxy groups -OCH3 is 1. The van der Waals surface area contributed by atoms with Gasteiger partial charge in [-0.05, 0) is 37.5 Å². The molecule has 0 aromatic carbocycles. The van der Waals surface area contributed by atoms with E-state index >= 15 is 0 Å². The lowest BCUT2D eigenvalue weighted by Gasteiger charge is -2.43. The highest BCUT2D eigenvalue weighted by atomic mass is 16.5. The Morgan fingerprint density at radius 2 is 1.85 bits per heavy atom. The number of rotatable bonds is 2. The van der Waals surface area contributed by atoms with Crippen LogP contribution in [-0.2, 0) is 4.74 Å². The fraction of sp³-hybridized carbons (Fsp3) is 1.00. The summed E-state index contributed by atoms with van der Waals surface area (Å²) in [6, 6.07) is 0.490. The Labute approximate surface area is 80.8 Å². The van der Waals surface area contributed by atoms with Crippen LogP contribution >= 0.6 is 0 Å². The molecule has 2 aliphatic rings. The third-order valence-corrected chi connectivity index (χ3v) is 3.87. The molecule has 0 radical (unpaired) electrons. The first-order valence-corrected chi connectivity index (χ1v) is 5.59. The smallest absolute Gasteiger partial charge is 0.0602 e. The van der Waals surface area contributed by atoms with Gasteiger partial charge >= 0.3 is 0 Å². The predicted octanol–water partition coefficient (Wildman–Crippen LogP) is 1.93. The summed E-state index contributed by atoms with van der Waals surface area (Å²) in [6.45, 7) is 0. The van der Waals surface area contributed by atoms with Crippen LogP contribution in [-0.4, -0.2) is 19.3 Å². The normalized spacial score (nSPS) is 45.7. The van der Waals surface area contributed by atoms with E-state index in [1.807, 2.05) is 7.11 Å². The largest absolute Gasteiger partial charge is 0.381 e. The molecule has 2 nitrogen and oxygen atoms in total. The molecule has 2 rings (SSSR count). The summed E-state index contributed by atoms with van der Waals surface area (Å²) in [5.74, 6) is 1.69. The molecule has 2 aliphatic carbocycles. The topological polar surface area (TPSA) is 35.2 Å². The van der Waals surface area contributed by atoms with E-state index in [1.165, 1.54) is 38.5 Å². The van der Waals surface area contributed by atoms with Gasteiger partial charge in [0.2, 0.25) is 0 Å². The van der Waals surface area contributed by atoms with E-state index in [-0.39, 0.29) is 0 Å². The van der Waals surface area contributed by atoms with Crippen LogP contribution in [0.1, 0.15) is 38.5 Å². The fourth-order valence-electron chi connectivity index (χ4n) is 3.02. The Bertz CT molecular complexity index is 165. The average molecular weight is 183 g/mol. The van der Waals surface area contributed by atoms with Crippen LogP contribution in [0, 0.1) is 11.8 Å². The molecule has 0 spiro atoms. The molecule has 0 aliphatic heterocycles. The van der Waals surface area contributed by atoms with E-state index in [0.29, 0.717) is 12.1 Å². The van der Waals surface area contributed by atoms with E-state index < -0.39 is 0 Å². The summed E-state index contributed by atoms with van der Waals surface area (Å²) in [5, 5.41) is 0. The first-order valence-electron chi connectivity index (χ1n) is 5.59. The minimum Gasteiger partial charge on any atom is -0.381 e. The molecule has 2 N–H and O–H groups in total. The van der Waals surface area contributed by atoms with Gasteiger partial charge in [0, 0.05) is 13.2 Å². The Balaban J connectivity index is 1.87. The van der Waals surface area contributed by atoms with Crippen molar-refractivity contribution >= 4 is 0 Å². The quantitative estimate of drug-likeness (QED) is 0.710. The predicted molar refractivity (Wildman–Crippen MR) is 53.5 cm³/mol. The van der Waals surface area contributed by atoms with Gasteiger partial charge in [-0.3, -0.25) is 0 Å². The summed E-state index contributed by atoms with van der Waals surface area (Å²) in [7, 11) is 1.86. The zero-order chi connectivity index (χ0) is 9.26.